The first-order valence-corrected chi connectivity index (χ1v) is 6.22. The van der Waals surface area contributed by atoms with Crippen molar-refractivity contribution < 1.29 is 4.79 Å². The summed E-state index contributed by atoms with van der Waals surface area (Å²) in [5.41, 5.74) is 3.32. The average Bonchev–Trinajstić information content (AvgIpc) is 2.32. The Balaban J connectivity index is 0.00000289. The van der Waals surface area contributed by atoms with Gasteiger partial charge in [-0.1, -0.05) is 25.1 Å². The zero-order valence-electron chi connectivity index (χ0n) is 11.4. The summed E-state index contributed by atoms with van der Waals surface area (Å²) in [5, 5.41) is 6.06. The van der Waals surface area contributed by atoms with Gasteiger partial charge >= 0.3 is 0 Å². The van der Waals surface area contributed by atoms with Crippen LogP contribution in [0, 0.1) is 6.92 Å². The Bertz CT molecular complexity index is 380. The van der Waals surface area contributed by atoms with Gasteiger partial charge in [0.2, 0.25) is 5.91 Å². The highest BCUT2D eigenvalue weighted by molar-refractivity contribution is 5.92. The fourth-order valence-electron chi connectivity index (χ4n) is 1.83. The zero-order valence-corrected chi connectivity index (χ0v) is 12.2. The van der Waals surface area contributed by atoms with E-state index in [1.54, 1.807) is 0 Å². The highest BCUT2D eigenvalue weighted by Gasteiger charge is 2.07. The monoisotopic (exact) mass is 270 g/mol. The molecule has 0 aliphatic carbocycles. The molecular formula is C14H23ClN2O. The van der Waals surface area contributed by atoms with E-state index in [-0.39, 0.29) is 18.3 Å². The molecule has 0 bridgehead atoms. The van der Waals surface area contributed by atoms with Gasteiger partial charge in [-0.3, -0.25) is 4.79 Å². The molecule has 0 aliphatic rings. The van der Waals surface area contributed by atoms with Gasteiger partial charge in [-0.2, -0.15) is 0 Å². The molecule has 0 atom stereocenters. The van der Waals surface area contributed by atoms with Crippen molar-refractivity contribution in [1.29, 1.82) is 0 Å². The second kappa shape index (κ2) is 8.95. The minimum absolute atomic E-state index is 0. The minimum Gasteiger partial charge on any atom is -0.326 e. The van der Waals surface area contributed by atoms with Crippen LogP contribution < -0.4 is 10.6 Å². The summed E-state index contributed by atoms with van der Waals surface area (Å²) in [6.07, 6.45) is 2.38. The fraction of sp³-hybridized carbons (Fsp3) is 0.500. The van der Waals surface area contributed by atoms with Crippen molar-refractivity contribution in [3.05, 3.63) is 29.3 Å². The molecule has 0 fully saturated rings. The van der Waals surface area contributed by atoms with Crippen LogP contribution in [-0.2, 0) is 11.2 Å². The van der Waals surface area contributed by atoms with E-state index < -0.39 is 0 Å². The summed E-state index contributed by atoms with van der Waals surface area (Å²) in [7, 11) is 1.90. The van der Waals surface area contributed by atoms with E-state index in [0.29, 0.717) is 6.42 Å². The highest BCUT2D eigenvalue weighted by atomic mass is 35.5. The molecule has 18 heavy (non-hydrogen) atoms. The lowest BCUT2D eigenvalue weighted by Crippen LogP contribution is -2.16. The average molecular weight is 271 g/mol. The Labute approximate surface area is 116 Å². The van der Waals surface area contributed by atoms with Crippen LogP contribution in [0.4, 0.5) is 5.69 Å². The Morgan fingerprint density at radius 2 is 2.06 bits per heavy atom. The smallest absolute Gasteiger partial charge is 0.224 e. The first kappa shape index (κ1) is 16.9. The van der Waals surface area contributed by atoms with Gasteiger partial charge in [-0.15, -0.1) is 12.4 Å². The number of carbonyl (C=O) groups is 1. The molecule has 0 radical (unpaired) electrons. The van der Waals surface area contributed by atoms with Gasteiger partial charge in [0.05, 0.1) is 0 Å². The molecule has 2 N–H and O–H groups in total. The van der Waals surface area contributed by atoms with E-state index in [1.807, 2.05) is 26.1 Å². The molecule has 1 amide bonds. The molecule has 1 aromatic rings. The van der Waals surface area contributed by atoms with Crippen LogP contribution >= 0.6 is 12.4 Å². The number of anilines is 1. The zero-order chi connectivity index (χ0) is 12.7. The molecular weight excluding hydrogens is 248 g/mol. The number of benzene rings is 1. The van der Waals surface area contributed by atoms with Gasteiger partial charge in [0.1, 0.15) is 0 Å². The van der Waals surface area contributed by atoms with Crippen molar-refractivity contribution in [1.82, 2.24) is 5.32 Å². The van der Waals surface area contributed by atoms with Gasteiger partial charge in [0.25, 0.3) is 0 Å². The molecule has 1 rings (SSSR count). The molecule has 0 heterocycles. The number of aryl methyl sites for hydroxylation is 2. The minimum atomic E-state index is 0. The third-order valence-electron chi connectivity index (χ3n) is 2.84. The molecule has 4 heteroatoms. The van der Waals surface area contributed by atoms with E-state index in [1.165, 1.54) is 5.56 Å². The first-order chi connectivity index (χ1) is 8.19. The van der Waals surface area contributed by atoms with E-state index >= 15 is 0 Å². The third-order valence-corrected chi connectivity index (χ3v) is 2.84. The Hall–Kier alpha value is -1.06. The van der Waals surface area contributed by atoms with E-state index in [4.69, 9.17) is 0 Å². The number of amides is 1. The number of hydrogen-bond acceptors (Lipinski definition) is 2. The largest absolute Gasteiger partial charge is 0.326 e. The number of nitrogens with one attached hydrogen (secondary N) is 2. The predicted octanol–water partition coefficient (Wildman–Crippen LogP) is 2.92. The van der Waals surface area contributed by atoms with Crippen LogP contribution in [-0.4, -0.2) is 19.5 Å². The first-order valence-electron chi connectivity index (χ1n) is 6.22. The van der Waals surface area contributed by atoms with E-state index in [0.717, 1.165) is 30.6 Å². The predicted molar refractivity (Wildman–Crippen MR) is 79.6 cm³/mol. The van der Waals surface area contributed by atoms with Crippen molar-refractivity contribution >= 4 is 24.0 Å². The lowest BCUT2D eigenvalue weighted by atomic mass is 10.1. The maximum atomic E-state index is 11.8. The number of halogens is 1. The summed E-state index contributed by atoms with van der Waals surface area (Å²) < 4.78 is 0. The quantitative estimate of drug-likeness (QED) is 0.781. The van der Waals surface area contributed by atoms with Crippen molar-refractivity contribution in [2.75, 3.05) is 18.9 Å². The van der Waals surface area contributed by atoms with Crippen LogP contribution in [0.1, 0.15) is 30.9 Å². The van der Waals surface area contributed by atoms with Gasteiger partial charge in [-0.25, -0.2) is 0 Å². The summed E-state index contributed by atoms with van der Waals surface area (Å²) >= 11 is 0. The molecule has 1 aromatic carbocycles. The molecule has 102 valence electrons. The van der Waals surface area contributed by atoms with Crippen LogP contribution in [0.2, 0.25) is 0 Å². The Kier molecular flexibility index (Phi) is 8.42. The van der Waals surface area contributed by atoms with E-state index in [9.17, 15) is 4.79 Å². The fourth-order valence-corrected chi connectivity index (χ4v) is 1.83. The molecule has 0 spiro atoms. The Morgan fingerprint density at radius 3 is 2.67 bits per heavy atom. The number of hydrogen-bond donors (Lipinski definition) is 2. The lowest BCUT2D eigenvalue weighted by molar-refractivity contribution is -0.116. The summed E-state index contributed by atoms with van der Waals surface area (Å²) in [6.45, 7) is 5.01. The SMILES string of the molecule is CCc1cccc(C)c1NC(=O)CCCNC.Cl. The number of carbonyl (C=O) groups excluding carboxylic acids is 1. The van der Waals surface area contributed by atoms with Crippen LogP contribution in [0.25, 0.3) is 0 Å². The van der Waals surface area contributed by atoms with Gasteiger partial charge < -0.3 is 10.6 Å². The molecule has 0 aliphatic heterocycles. The second-order valence-electron chi connectivity index (χ2n) is 4.22. The maximum Gasteiger partial charge on any atom is 0.224 e. The van der Waals surface area contributed by atoms with Crippen LogP contribution in [0.15, 0.2) is 18.2 Å². The Morgan fingerprint density at radius 1 is 1.33 bits per heavy atom. The molecule has 0 saturated carbocycles. The molecule has 3 nitrogen and oxygen atoms in total. The number of para-hydroxylation sites is 1. The summed E-state index contributed by atoms with van der Waals surface area (Å²) in [5.74, 6) is 0.101. The van der Waals surface area contributed by atoms with E-state index in [2.05, 4.69) is 23.6 Å². The van der Waals surface area contributed by atoms with Crippen LogP contribution in [0.5, 0.6) is 0 Å². The van der Waals surface area contributed by atoms with Crippen molar-refractivity contribution in [3.63, 3.8) is 0 Å². The van der Waals surface area contributed by atoms with Crippen molar-refractivity contribution in [2.45, 2.75) is 33.1 Å². The molecule has 0 unspecified atom stereocenters. The van der Waals surface area contributed by atoms with Gasteiger partial charge in [0.15, 0.2) is 0 Å². The standard InChI is InChI=1S/C14H22N2O.ClH/c1-4-12-8-5-7-11(2)14(12)16-13(17)9-6-10-15-3;/h5,7-8,15H,4,6,9-10H2,1-3H3,(H,16,17);1H. The van der Waals surface area contributed by atoms with Gasteiger partial charge in [-0.05, 0) is 44.5 Å². The lowest BCUT2D eigenvalue weighted by Gasteiger charge is -2.12. The maximum absolute atomic E-state index is 11.8. The third kappa shape index (κ3) is 5.07. The molecule has 0 saturated heterocycles. The van der Waals surface area contributed by atoms with Gasteiger partial charge in [0, 0.05) is 12.1 Å². The molecule has 0 aromatic heterocycles. The summed E-state index contributed by atoms with van der Waals surface area (Å²) in [4.78, 5) is 11.8. The summed E-state index contributed by atoms with van der Waals surface area (Å²) in [6, 6.07) is 6.13. The van der Waals surface area contributed by atoms with Crippen molar-refractivity contribution in [2.24, 2.45) is 0 Å². The normalized spacial score (nSPS) is 9.72. The topological polar surface area (TPSA) is 41.1 Å². The second-order valence-corrected chi connectivity index (χ2v) is 4.22. The number of rotatable bonds is 6. The highest BCUT2D eigenvalue weighted by Crippen LogP contribution is 2.21. The van der Waals surface area contributed by atoms with Crippen molar-refractivity contribution in [3.8, 4) is 0 Å². The van der Waals surface area contributed by atoms with Crippen LogP contribution in [0.3, 0.4) is 0 Å².